The molecule has 3 aromatic heterocycles. The lowest BCUT2D eigenvalue weighted by molar-refractivity contribution is -0.139. The predicted molar refractivity (Wildman–Crippen MR) is 119 cm³/mol. The second kappa shape index (κ2) is 8.64. The first-order valence-electron chi connectivity index (χ1n) is 9.97. The minimum absolute atomic E-state index is 0.0856. The molecule has 0 saturated heterocycles. The fraction of sp³-hybridized carbons (Fsp3) is 0.333. The first kappa shape index (κ1) is 23.0. The molecule has 174 valence electrons. The third-order valence-corrected chi connectivity index (χ3v) is 5.17. The van der Waals surface area contributed by atoms with Gasteiger partial charge in [-0.3, -0.25) is 9.48 Å². The summed E-state index contributed by atoms with van der Waals surface area (Å²) in [6, 6.07) is 5.21. The second-order valence-corrected chi connectivity index (χ2v) is 8.40. The van der Waals surface area contributed by atoms with Crippen molar-refractivity contribution in [2.75, 3.05) is 19.4 Å². The fourth-order valence-corrected chi connectivity index (χ4v) is 4.04. The van der Waals surface area contributed by atoms with E-state index < -0.39 is 18.6 Å². The molecule has 4 aromatic rings. The van der Waals surface area contributed by atoms with Crippen LogP contribution >= 0.6 is 11.6 Å². The van der Waals surface area contributed by atoms with E-state index in [1.165, 1.54) is 10.9 Å². The number of halogens is 4. The maximum Gasteiger partial charge on any atom is 0.406 e. The lowest BCUT2D eigenvalue weighted by Gasteiger charge is -2.12. The number of nitrogens with one attached hydrogen (secondary N) is 1. The van der Waals surface area contributed by atoms with Crippen molar-refractivity contribution in [2.24, 2.45) is 7.05 Å². The van der Waals surface area contributed by atoms with Crippen molar-refractivity contribution in [2.45, 2.75) is 25.7 Å². The van der Waals surface area contributed by atoms with Crippen LogP contribution in [0.2, 0.25) is 5.15 Å². The SMILES string of the molecule is CN(C)Cc1ccc2c(c1)c1nc(CC(=O)Nc3cnn(C)c3)nc(Cl)c1n2CC(F)(F)F. The summed E-state index contributed by atoms with van der Waals surface area (Å²) in [6.45, 7) is -0.634. The standard InChI is InChI=1S/C21H21ClF3N7O/c1-30(2)9-12-4-5-15-14(6-12)18-19(32(15)11-21(23,24)25)20(22)29-16(28-18)7-17(33)27-13-8-26-31(3)10-13/h4-6,8,10H,7,9,11H2,1-3H3,(H,27,33). The number of rotatable bonds is 6. The van der Waals surface area contributed by atoms with E-state index in [-0.39, 0.29) is 28.4 Å². The van der Waals surface area contributed by atoms with Gasteiger partial charge in [-0.2, -0.15) is 18.3 Å². The molecule has 0 bridgehead atoms. The summed E-state index contributed by atoms with van der Waals surface area (Å²) in [5.41, 5.74) is 2.12. The van der Waals surface area contributed by atoms with Gasteiger partial charge in [0.2, 0.25) is 5.91 Å². The summed E-state index contributed by atoms with van der Waals surface area (Å²) in [5, 5.41) is 7.04. The maximum absolute atomic E-state index is 13.3. The quantitative estimate of drug-likeness (QED) is 0.426. The molecular weight excluding hydrogens is 459 g/mol. The van der Waals surface area contributed by atoms with Gasteiger partial charge in [-0.15, -0.1) is 0 Å². The van der Waals surface area contributed by atoms with Gasteiger partial charge in [-0.1, -0.05) is 17.7 Å². The second-order valence-electron chi connectivity index (χ2n) is 8.05. The Kier molecular flexibility index (Phi) is 6.02. The minimum atomic E-state index is -4.47. The highest BCUT2D eigenvalue weighted by Crippen LogP contribution is 2.34. The monoisotopic (exact) mass is 479 g/mol. The van der Waals surface area contributed by atoms with Gasteiger partial charge in [0, 0.05) is 25.2 Å². The normalized spacial score (nSPS) is 12.2. The topological polar surface area (TPSA) is 80.9 Å². The number of hydrogen-bond acceptors (Lipinski definition) is 5. The Morgan fingerprint density at radius 2 is 2.00 bits per heavy atom. The molecule has 0 spiro atoms. The molecule has 4 rings (SSSR count). The van der Waals surface area contributed by atoms with Crippen molar-refractivity contribution in [3.05, 3.63) is 47.1 Å². The molecule has 0 atom stereocenters. The molecule has 8 nitrogen and oxygen atoms in total. The number of carbonyl (C=O) groups is 1. The molecule has 1 amide bonds. The Bertz CT molecular complexity index is 1340. The number of fused-ring (bicyclic) bond motifs is 3. The number of aromatic nitrogens is 5. The molecule has 1 N–H and O–H groups in total. The van der Waals surface area contributed by atoms with Gasteiger partial charge in [0.1, 0.15) is 23.4 Å². The van der Waals surface area contributed by atoms with Crippen LogP contribution < -0.4 is 5.32 Å². The van der Waals surface area contributed by atoms with Crippen LogP contribution in [-0.4, -0.2) is 55.4 Å². The van der Waals surface area contributed by atoms with Crippen molar-refractivity contribution in [3.8, 4) is 0 Å². The van der Waals surface area contributed by atoms with Crippen LogP contribution in [0.3, 0.4) is 0 Å². The molecule has 33 heavy (non-hydrogen) atoms. The number of alkyl halides is 3. The van der Waals surface area contributed by atoms with E-state index >= 15 is 0 Å². The highest BCUT2D eigenvalue weighted by atomic mass is 35.5. The first-order valence-corrected chi connectivity index (χ1v) is 10.3. The Hall–Kier alpha value is -3.18. The van der Waals surface area contributed by atoms with Crippen LogP contribution in [0.15, 0.2) is 30.6 Å². The smallest absolute Gasteiger partial charge is 0.327 e. The largest absolute Gasteiger partial charge is 0.406 e. The van der Waals surface area contributed by atoms with Crippen molar-refractivity contribution < 1.29 is 18.0 Å². The van der Waals surface area contributed by atoms with Crippen molar-refractivity contribution in [3.63, 3.8) is 0 Å². The van der Waals surface area contributed by atoms with E-state index in [0.29, 0.717) is 23.1 Å². The van der Waals surface area contributed by atoms with Crippen LogP contribution in [-0.2, 0) is 31.4 Å². The van der Waals surface area contributed by atoms with Crippen molar-refractivity contribution in [1.82, 2.24) is 29.2 Å². The zero-order chi connectivity index (χ0) is 23.9. The zero-order valence-electron chi connectivity index (χ0n) is 18.1. The number of amides is 1. The van der Waals surface area contributed by atoms with Crippen LogP contribution in [0.4, 0.5) is 18.9 Å². The van der Waals surface area contributed by atoms with E-state index in [1.54, 1.807) is 31.4 Å². The van der Waals surface area contributed by atoms with Crippen LogP contribution in [0.1, 0.15) is 11.4 Å². The van der Waals surface area contributed by atoms with Gasteiger partial charge in [0.25, 0.3) is 0 Å². The summed E-state index contributed by atoms with van der Waals surface area (Å²) in [6.07, 6.45) is -1.54. The summed E-state index contributed by atoms with van der Waals surface area (Å²) >= 11 is 6.35. The molecular formula is C21H21ClF3N7O. The van der Waals surface area contributed by atoms with Gasteiger partial charge in [-0.05, 0) is 31.8 Å². The van der Waals surface area contributed by atoms with Crippen molar-refractivity contribution >= 4 is 45.1 Å². The van der Waals surface area contributed by atoms with E-state index in [2.05, 4.69) is 20.4 Å². The van der Waals surface area contributed by atoms with Gasteiger partial charge in [0.15, 0.2) is 5.15 Å². The average Bonchev–Trinajstić information content (AvgIpc) is 3.21. The highest BCUT2D eigenvalue weighted by molar-refractivity contribution is 6.35. The number of hydrogen-bond donors (Lipinski definition) is 1. The fourth-order valence-electron chi connectivity index (χ4n) is 3.75. The highest BCUT2D eigenvalue weighted by Gasteiger charge is 2.31. The molecule has 0 aliphatic carbocycles. The van der Waals surface area contributed by atoms with Crippen LogP contribution in [0.25, 0.3) is 21.9 Å². The Morgan fingerprint density at radius 1 is 1.24 bits per heavy atom. The molecule has 3 heterocycles. The third kappa shape index (κ3) is 5.09. The van der Waals surface area contributed by atoms with E-state index in [4.69, 9.17) is 11.6 Å². The molecule has 0 saturated carbocycles. The van der Waals surface area contributed by atoms with Crippen molar-refractivity contribution in [1.29, 1.82) is 0 Å². The summed E-state index contributed by atoms with van der Waals surface area (Å²) < 4.78 is 42.7. The molecule has 0 aliphatic rings. The lowest BCUT2D eigenvalue weighted by atomic mass is 10.1. The number of benzene rings is 1. The predicted octanol–water partition coefficient (Wildman–Crippen LogP) is 3.78. The van der Waals surface area contributed by atoms with Gasteiger partial charge in [0.05, 0.1) is 23.8 Å². The molecule has 12 heteroatoms. The minimum Gasteiger partial charge on any atom is -0.327 e. The maximum atomic E-state index is 13.3. The Labute approximate surface area is 192 Å². The van der Waals surface area contributed by atoms with Gasteiger partial charge >= 0.3 is 6.18 Å². The van der Waals surface area contributed by atoms with Crippen LogP contribution in [0, 0.1) is 0 Å². The summed E-state index contributed by atoms with van der Waals surface area (Å²) in [7, 11) is 5.51. The molecule has 0 fully saturated rings. The Balaban J connectivity index is 1.79. The summed E-state index contributed by atoms with van der Waals surface area (Å²) in [5.74, 6) is -0.288. The molecule has 1 aromatic carbocycles. The summed E-state index contributed by atoms with van der Waals surface area (Å²) in [4.78, 5) is 23.0. The van der Waals surface area contributed by atoms with Gasteiger partial charge < -0.3 is 14.8 Å². The molecule has 0 unspecified atom stereocenters. The molecule has 0 radical (unpaired) electrons. The number of nitrogens with zero attached hydrogens (tertiary/aromatic N) is 6. The van der Waals surface area contributed by atoms with E-state index in [1.807, 2.05) is 19.0 Å². The third-order valence-electron chi connectivity index (χ3n) is 4.91. The number of anilines is 1. The average molecular weight is 480 g/mol. The van der Waals surface area contributed by atoms with E-state index in [0.717, 1.165) is 10.1 Å². The number of aryl methyl sites for hydroxylation is 1. The number of carbonyl (C=O) groups excluding carboxylic acids is 1. The van der Waals surface area contributed by atoms with E-state index in [9.17, 15) is 18.0 Å². The van der Waals surface area contributed by atoms with Gasteiger partial charge in [-0.25, -0.2) is 9.97 Å². The Morgan fingerprint density at radius 3 is 2.64 bits per heavy atom. The zero-order valence-corrected chi connectivity index (χ0v) is 18.9. The first-order chi connectivity index (χ1) is 15.5. The van der Waals surface area contributed by atoms with Crippen LogP contribution in [0.5, 0.6) is 0 Å². The molecule has 0 aliphatic heterocycles. The lowest BCUT2D eigenvalue weighted by Crippen LogP contribution is -2.18.